The summed E-state index contributed by atoms with van der Waals surface area (Å²) in [4.78, 5) is 2.57. The number of nitrogens with zero attached hydrogens (tertiary/aromatic N) is 1. The summed E-state index contributed by atoms with van der Waals surface area (Å²) in [6, 6.07) is 1.44. The highest BCUT2D eigenvalue weighted by Gasteiger charge is 2.19. The highest BCUT2D eigenvalue weighted by molar-refractivity contribution is 4.79. The molecule has 0 saturated carbocycles. The maximum absolute atomic E-state index is 3.82. The number of piperidine rings is 1. The van der Waals surface area contributed by atoms with Gasteiger partial charge in [-0.15, -0.1) is 0 Å². The Bertz CT molecular complexity index is 182. The Kier molecular flexibility index (Phi) is 7.87. The Morgan fingerprint density at radius 2 is 2.06 bits per heavy atom. The lowest BCUT2D eigenvalue weighted by atomic mass is 10.0. The molecule has 1 rings (SSSR count). The molecule has 2 atom stereocenters. The third-order valence-corrected chi connectivity index (χ3v) is 3.96. The van der Waals surface area contributed by atoms with E-state index >= 15 is 0 Å². The molecule has 0 aromatic rings. The van der Waals surface area contributed by atoms with Gasteiger partial charge in [-0.1, -0.05) is 39.5 Å². The van der Waals surface area contributed by atoms with Gasteiger partial charge in [0.1, 0.15) is 0 Å². The third-order valence-electron chi connectivity index (χ3n) is 3.96. The summed E-state index contributed by atoms with van der Waals surface area (Å²) in [5.74, 6) is 0. The largest absolute Gasteiger partial charge is 0.310 e. The summed E-state index contributed by atoms with van der Waals surface area (Å²) in [6.45, 7) is 10.7. The minimum Gasteiger partial charge on any atom is -0.310 e. The van der Waals surface area contributed by atoms with Crippen LogP contribution in [0.25, 0.3) is 0 Å². The number of hydrogen-bond donors (Lipinski definition) is 1. The summed E-state index contributed by atoms with van der Waals surface area (Å²) >= 11 is 0. The van der Waals surface area contributed by atoms with Crippen LogP contribution in [-0.2, 0) is 0 Å². The highest BCUT2D eigenvalue weighted by Crippen LogP contribution is 2.12. The van der Waals surface area contributed by atoms with Crippen LogP contribution in [0.5, 0.6) is 0 Å². The fourth-order valence-corrected chi connectivity index (χ4v) is 2.84. The molecule has 0 aromatic heterocycles. The molecule has 1 aliphatic rings. The lowest BCUT2D eigenvalue weighted by molar-refractivity contribution is 0.190. The van der Waals surface area contributed by atoms with Crippen molar-refractivity contribution in [1.29, 1.82) is 0 Å². The molecule has 1 fully saturated rings. The molecule has 0 aromatic carbocycles. The predicted octanol–water partition coefficient (Wildman–Crippen LogP) is 3.42. The van der Waals surface area contributed by atoms with Gasteiger partial charge in [0.25, 0.3) is 0 Å². The fourth-order valence-electron chi connectivity index (χ4n) is 2.84. The minimum atomic E-state index is 0.702. The summed E-state index contributed by atoms with van der Waals surface area (Å²) in [6.07, 6.45) is 9.64. The van der Waals surface area contributed by atoms with Crippen LogP contribution < -0.4 is 5.32 Å². The van der Waals surface area contributed by atoms with E-state index in [-0.39, 0.29) is 0 Å². The van der Waals surface area contributed by atoms with Gasteiger partial charge in [0, 0.05) is 18.6 Å². The number of unbranched alkanes of at least 4 members (excludes halogenated alkanes) is 3. The Morgan fingerprint density at radius 3 is 2.76 bits per heavy atom. The number of rotatable bonds is 8. The van der Waals surface area contributed by atoms with E-state index in [1.165, 1.54) is 64.6 Å². The molecule has 0 amide bonds. The minimum absolute atomic E-state index is 0.702. The van der Waals surface area contributed by atoms with E-state index in [4.69, 9.17) is 0 Å². The Morgan fingerprint density at radius 1 is 1.24 bits per heavy atom. The molecule has 0 bridgehead atoms. The zero-order chi connectivity index (χ0) is 12.5. The number of nitrogens with one attached hydrogen (secondary N) is 1. The van der Waals surface area contributed by atoms with E-state index in [0.29, 0.717) is 6.04 Å². The van der Waals surface area contributed by atoms with Crippen LogP contribution in [0.3, 0.4) is 0 Å². The Labute approximate surface area is 108 Å². The standard InChI is InChI=1S/C15H32N2/c1-4-6-7-8-10-14(3)16-15-11-9-12-17(5-2)13-15/h14-16H,4-13H2,1-3H3. The van der Waals surface area contributed by atoms with Crippen LogP contribution in [0.2, 0.25) is 0 Å². The number of hydrogen-bond acceptors (Lipinski definition) is 2. The van der Waals surface area contributed by atoms with Gasteiger partial charge in [0.2, 0.25) is 0 Å². The van der Waals surface area contributed by atoms with Gasteiger partial charge in [0.05, 0.1) is 0 Å². The van der Waals surface area contributed by atoms with Gasteiger partial charge in [-0.2, -0.15) is 0 Å². The van der Waals surface area contributed by atoms with E-state index in [1.807, 2.05) is 0 Å². The van der Waals surface area contributed by atoms with Gasteiger partial charge < -0.3 is 10.2 Å². The van der Waals surface area contributed by atoms with E-state index in [2.05, 4.69) is 31.0 Å². The van der Waals surface area contributed by atoms with E-state index < -0.39 is 0 Å². The molecule has 2 nitrogen and oxygen atoms in total. The smallest absolute Gasteiger partial charge is 0.0197 e. The number of likely N-dealkylation sites (N-methyl/N-ethyl adjacent to an activating group) is 1. The van der Waals surface area contributed by atoms with Crippen molar-refractivity contribution in [3.8, 4) is 0 Å². The molecule has 102 valence electrons. The van der Waals surface area contributed by atoms with Crippen LogP contribution in [0.4, 0.5) is 0 Å². The highest BCUT2D eigenvalue weighted by atomic mass is 15.2. The zero-order valence-electron chi connectivity index (χ0n) is 12.2. The summed E-state index contributed by atoms with van der Waals surface area (Å²) in [5.41, 5.74) is 0. The molecular weight excluding hydrogens is 208 g/mol. The van der Waals surface area contributed by atoms with E-state index in [1.54, 1.807) is 0 Å². The van der Waals surface area contributed by atoms with Gasteiger partial charge in [0.15, 0.2) is 0 Å². The molecule has 1 heterocycles. The van der Waals surface area contributed by atoms with Crippen molar-refractivity contribution in [2.24, 2.45) is 0 Å². The Hall–Kier alpha value is -0.0800. The van der Waals surface area contributed by atoms with Gasteiger partial charge >= 0.3 is 0 Å². The fraction of sp³-hybridized carbons (Fsp3) is 1.00. The first kappa shape index (κ1) is 15.0. The summed E-state index contributed by atoms with van der Waals surface area (Å²) < 4.78 is 0. The molecule has 2 unspecified atom stereocenters. The molecule has 0 aliphatic carbocycles. The van der Waals surface area contributed by atoms with Crippen molar-refractivity contribution in [3.63, 3.8) is 0 Å². The topological polar surface area (TPSA) is 15.3 Å². The maximum atomic E-state index is 3.82. The molecule has 2 heteroatoms. The van der Waals surface area contributed by atoms with Gasteiger partial charge in [-0.3, -0.25) is 0 Å². The van der Waals surface area contributed by atoms with Crippen LogP contribution in [0, 0.1) is 0 Å². The first-order chi connectivity index (χ1) is 8.26. The lowest BCUT2D eigenvalue weighted by Crippen LogP contribution is -2.48. The second-order valence-corrected chi connectivity index (χ2v) is 5.65. The lowest BCUT2D eigenvalue weighted by Gasteiger charge is -2.34. The summed E-state index contributed by atoms with van der Waals surface area (Å²) in [5, 5.41) is 3.82. The molecule has 0 spiro atoms. The van der Waals surface area contributed by atoms with Gasteiger partial charge in [-0.25, -0.2) is 0 Å². The monoisotopic (exact) mass is 240 g/mol. The summed E-state index contributed by atoms with van der Waals surface area (Å²) in [7, 11) is 0. The molecule has 17 heavy (non-hydrogen) atoms. The van der Waals surface area contributed by atoms with Gasteiger partial charge in [-0.05, 0) is 39.3 Å². The van der Waals surface area contributed by atoms with Crippen LogP contribution in [0.15, 0.2) is 0 Å². The molecule has 1 saturated heterocycles. The molecule has 1 aliphatic heterocycles. The van der Waals surface area contributed by atoms with Crippen LogP contribution in [0.1, 0.15) is 65.7 Å². The molecule has 0 radical (unpaired) electrons. The third kappa shape index (κ3) is 6.42. The first-order valence-corrected chi connectivity index (χ1v) is 7.74. The number of likely N-dealkylation sites (tertiary alicyclic amines) is 1. The van der Waals surface area contributed by atoms with E-state index in [0.717, 1.165) is 6.04 Å². The van der Waals surface area contributed by atoms with Crippen molar-refractivity contribution in [2.45, 2.75) is 77.8 Å². The quantitative estimate of drug-likeness (QED) is 0.654. The van der Waals surface area contributed by atoms with Crippen molar-refractivity contribution in [2.75, 3.05) is 19.6 Å². The SMILES string of the molecule is CCCCCCC(C)NC1CCCN(CC)C1. The average molecular weight is 240 g/mol. The molecule has 1 N–H and O–H groups in total. The van der Waals surface area contributed by atoms with Crippen molar-refractivity contribution < 1.29 is 0 Å². The predicted molar refractivity (Wildman–Crippen MR) is 76.5 cm³/mol. The second-order valence-electron chi connectivity index (χ2n) is 5.65. The second kappa shape index (κ2) is 8.93. The molecular formula is C15H32N2. The maximum Gasteiger partial charge on any atom is 0.0197 e. The van der Waals surface area contributed by atoms with Crippen molar-refractivity contribution in [3.05, 3.63) is 0 Å². The van der Waals surface area contributed by atoms with E-state index in [9.17, 15) is 0 Å². The van der Waals surface area contributed by atoms with Crippen molar-refractivity contribution >= 4 is 0 Å². The first-order valence-electron chi connectivity index (χ1n) is 7.74. The van der Waals surface area contributed by atoms with Crippen molar-refractivity contribution in [1.82, 2.24) is 10.2 Å². The Balaban J connectivity index is 2.10. The van der Waals surface area contributed by atoms with Crippen LogP contribution in [-0.4, -0.2) is 36.6 Å². The average Bonchev–Trinajstić information content (AvgIpc) is 2.35. The normalized spacial score (nSPS) is 23.8. The zero-order valence-corrected chi connectivity index (χ0v) is 12.2. The van der Waals surface area contributed by atoms with Crippen LogP contribution >= 0.6 is 0 Å².